The summed E-state index contributed by atoms with van der Waals surface area (Å²) in [6, 6.07) is 8.27. The van der Waals surface area contributed by atoms with Crippen molar-refractivity contribution in [3.8, 4) is 0 Å². The molecule has 3 N–H and O–H groups in total. The van der Waals surface area contributed by atoms with E-state index in [9.17, 15) is 0 Å². The highest BCUT2D eigenvalue weighted by Crippen LogP contribution is 2.07. The van der Waals surface area contributed by atoms with Gasteiger partial charge in [-0.1, -0.05) is 38.1 Å². The molecule has 0 aliphatic rings. The number of hydroxylamine groups is 1. The lowest BCUT2D eigenvalue weighted by molar-refractivity contribution is -0.140. The van der Waals surface area contributed by atoms with Gasteiger partial charge in [-0.2, -0.15) is 0 Å². The minimum Gasteiger partial charge on any atom is -0.480 e. The van der Waals surface area contributed by atoms with Gasteiger partial charge in [0, 0.05) is 6.54 Å². The van der Waals surface area contributed by atoms with Crippen LogP contribution in [0.4, 0.5) is 0 Å². The second-order valence-electron chi connectivity index (χ2n) is 4.51. The fraction of sp³-hybridized carbons (Fsp3) is 0.500. The molecular formula is C14H23NO4. The van der Waals surface area contributed by atoms with Crippen LogP contribution < -0.4 is 5.48 Å². The molecule has 108 valence electrons. The molecule has 0 saturated carbocycles. The normalized spacial score (nSPS) is 9.95. The van der Waals surface area contributed by atoms with Crippen molar-refractivity contribution in [1.82, 2.24) is 5.48 Å². The molecule has 0 radical (unpaired) electrons. The molecule has 1 aromatic carbocycles. The summed E-state index contributed by atoms with van der Waals surface area (Å²) in [5.74, 6) is -0.572. The van der Waals surface area contributed by atoms with E-state index in [0.29, 0.717) is 12.5 Å². The first-order valence-electron chi connectivity index (χ1n) is 6.19. The number of aliphatic hydroxyl groups is 1. The van der Waals surface area contributed by atoms with Gasteiger partial charge in [0.05, 0.1) is 6.61 Å². The van der Waals surface area contributed by atoms with E-state index in [1.54, 1.807) is 0 Å². The predicted molar refractivity (Wildman–Crippen MR) is 73.5 cm³/mol. The van der Waals surface area contributed by atoms with Gasteiger partial charge in [-0.3, -0.25) is 4.84 Å². The lowest BCUT2D eigenvalue weighted by Crippen LogP contribution is -2.19. The molecular weight excluding hydrogens is 246 g/mol. The number of aliphatic hydroxyl groups excluding tert-OH is 1. The molecule has 0 heterocycles. The molecule has 0 spiro atoms. The van der Waals surface area contributed by atoms with Crippen LogP contribution in [0.15, 0.2) is 24.3 Å². The SMILES string of the molecule is Cc1ccccc1CONCC(C)C.O=C(O)CO. The highest BCUT2D eigenvalue weighted by molar-refractivity contribution is 5.67. The maximum Gasteiger partial charge on any atom is 0.329 e. The average Bonchev–Trinajstić information content (AvgIpc) is 2.37. The maximum atomic E-state index is 9.12. The summed E-state index contributed by atoms with van der Waals surface area (Å²) in [6.45, 7) is 7.17. The van der Waals surface area contributed by atoms with E-state index in [1.807, 2.05) is 12.1 Å². The van der Waals surface area contributed by atoms with Crippen molar-refractivity contribution < 1.29 is 19.8 Å². The molecule has 5 heteroatoms. The summed E-state index contributed by atoms with van der Waals surface area (Å²) in [5.41, 5.74) is 5.48. The standard InChI is InChI=1S/C12H19NO.C2H4O3/c1-10(2)8-13-14-9-12-7-5-4-6-11(12)3;3-1-2(4)5/h4-7,10,13H,8-9H2,1-3H3;3H,1H2,(H,4,5). The molecule has 5 nitrogen and oxygen atoms in total. The number of hydrogen-bond acceptors (Lipinski definition) is 4. The van der Waals surface area contributed by atoms with Crippen LogP contribution in [0.3, 0.4) is 0 Å². The Bertz CT molecular complexity index is 366. The summed E-state index contributed by atoms with van der Waals surface area (Å²) in [7, 11) is 0. The van der Waals surface area contributed by atoms with Crippen LogP contribution in [0, 0.1) is 12.8 Å². The molecule has 0 unspecified atom stereocenters. The Morgan fingerprint density at radius 1 is 1.37 bits per heavy atom. The smallest absolute Gasteiger partial charge is 0.329 e. The van der Waals surface area contributed by atoms with Crippen molar-refractivity contribution in [1.29, 1.82) is 0 Å². The highest BCUT2D eigenvalue weighted by Gasteiger charge is 1.97. The Hall–Kier alpha value is -1.43. The zero-order chi connectivity index (χ0) is 14.7. The Balaban J connectivity index is 0.000000555. The third-order valence-electron chi connectivity index (χ3n) is 2.22. The summed E-state index contributed by atoms with van der Waals surface area (Å²) < 4.78 is 0. The first-order chi connectivity index (χ1) is 8.97. The number of carboxylic acid groups (broad SMARTS) is 1. The number of benzene rings is 1. The molecule has 0 bridgehead atoms. The molecule has 19 heavy (non-hydrogen) atoms. The van der Waals surface area contributed by atoms with Crippen LogP contribution in [-0.2, 0) is 16.2 Å². The molecule has 1 aromatic rings. The van der Waals surface area contributed by atoms with E-state index in [0.717, 1.165) is 6.54 Å². The van der Waals surface area contributed by atoms with Gasteiger partial charge in [0.1, 0.15) is 6.61 Å². The Labute approximate surface area is 114 Å². The van der Waals surface area contributed by atoms with Gasteiger partial charge in [0.25, 0.3) is 0 Å². The minimum atomic E-state index is -1.19. The molecule has 0 fully saturated rings. The van der Waals surface area contributed by atoms with E-state index in [4.69, 9.17) is 19.8 Å². The van der Waals surface area contributed by atoms with E-state index >= 15 is 0 Å². The van der Waals surface area contributed by atoms with Crippen LogP contribution in [-0.4, -0.2) is 29.3 Å². The predicted octanol–water partition coefficient (Wildman–Crippen LogP) is 1.74. The number of aryl methyl sites for hydroxylation is 1. The minimum absolute atomic E-state index is 0.617. The van der Waals surface area contributed by atoms with Crippen molar-refractivity contribution in [2.75, 3.05) is 13.2 Å². The van der Waals surface area contributed by atoms with Crippen molar-refractivity contribution in [2.45, 2.75) is 27.4 Å². The molecule has 0 atom stereocenters. The van der Waals surface area contributed by atoms with Crippen LogP contribution in [0.1, 0.15) is 25.0 Å². The number of rotatable bonds is 6. The Kier molecular flexibility index (Phi) is 9.70. The van der Waals surface area contributed by atoms with E-state index < -0.39 is 12.6 Å². The van der Waals surface area contributed by atoms with Gasteiger partial charge in [-0.15, -0.1) is 0 Å². The van der Waals surface area contributed by atoms with Gasteiger partial charge in [-0.05, 0) is 24.0 Å². The number of carbonyl (C=O) groups is 1. The van der Waals surface area contributed by atoms with Crippen molar-refractivity contribution in [2.24, 2.45) is 5.92 Å². The number of aliphatic carboxylic acids is 1. The lowest BCUT2D eigenvalue weighted by atomic mass is 10.1. The van der Waals surface area contributed by atoms with Crippen molar-refractivity contribution in [3.63, 3.8) is 0 Å². The fourth-order valence-corrected chi connectivity index (χ4v) is 1.13. The summed E-state index contributed by atoms with van der Waals surface area (Å²) >= 11 is 0. The average molecular weight is 269 g/mol. The second kappa shape index (κ2) is 10.5. The van der Waals surface area contributed by atoms with Gasteiger partial charge in [0.15, 0.2) is 0 Å². The van der Waals surface area contributed by atoms with E-state index in [1.165, 1.54) is 11.1 Å². The largest absolute Gasteiger partial charge is 0.480 e. The second-order valence-corrected chi connectivity index (χ2v) is 4.51. The van der Waals surface area contributed by atoms with Crippen LogP contribution in [0.5, 0.6) is 0 Å². The van der Waals surface area contributed by atoms with Gasteiger partial charge in [-0.25, -0.2) is 10.3 Å². The molecule has 0 aliphatic carbocycles. The van der Waals surface area contributed by atoms with Gasteiger partial charge < -0.3 is 10.2 Å². The summed E-state index contributed by atoms with van der Waals surface area (Å²) in [4.78, 5) is 14.5. The Morgan fingerprint density at radius 3 is 2.42 bits per heavy atom. The van der Waals surface area contributed by atoms with Crippen molar-refractivity contribution >= 4 is 5.97 Å². The van der Waals surface area contributed by atoms with Gasteiger partial charge in [0.2, 0.25) is 0 Å². The first-order valence-corrected chi connectivity index (χ1v) is 6.19. The third-order valence-corrected chi connectivity index (χ3v) is 2.22. The number of nitrogens with one attached hydrogen (secondary N) is 1. The van der Waals surface area contributed by atoms with Crippen LogP contribution in [0.2, 0.25) is 0 Å². The lowest BCUT2D eigenvalue weighted by Gasteiger charge is -2.09. The molecule has 0 aromatic heterocycles. The van der Waals surface area contributed by atoms with E-state index in [2.05, 4.69) is 38.4 Å². The topological polar surface area (TPSA) is 78.8 Å². The quantitative estimate of drug-likeness (QED) is 0.541. The summed E-state index contributed by atoms with van der Waals surface area (Å²) in [6.07, 6.45) is 0. The third kappa shape index (κ3) is 10.2. The molecule has 0 amide bonds. The Morgan fingerprint density at radius 2 is 1.95 bits per heavy atom. The molecule has 1 rings (SSSR count). The van der Waals surface area contributed by atoms with Crippen LogP contribution in [0.25, 0.3) is 0 Å². The number of carboxylic acids is 1. The number of hydrogen-bond donors (Lipinski definition) is 3. The zero-order valence-electron chi connectivity index (χ0n) is 11.7. The molecule has 0 aliphatic heterocycles. The monoisotopic (exact) mass is 269 g/mol. The summed E-state index contributed by atoms with van der Waals surface area (Å²) in [5, 5.41) is 15.0. The van der Waals surface area contributed by atoms with E-state index in [-0.39, 0.29) is 0 Å². The zero-order valence-corrected chi connectivity index (χ0v) is 11.7. The van der Waals surface area contributed by atoms with Crippen molar-refractivity contribution in [3.05, 3.63) is 35.4 Å². The highest BCUT2D eigenvalue weighted by atomic mass is 16.6. The van der Waals surface area contributed by atoms with Gasteiger partial charge >= 0.3 is 5.97 Å². The first kappa shape index (κ1) is 17.6. The van der Waals surface area contributed by atoms with Crippen LogP contribution >= 0.6 is 0 Å². The maximum absolute atomic E-state index is 9.12. The fourth-order valence-electron chi connectivity index (χ4n) is 1.13. The molecule has 0 saturated heterocycles.